The zero-order valence-electron chi connectivity index (χ0n) is 12.5. The average Bonchev–Trinajstić information content (AvgIpc) is 2.93. The molecular weight excluding hydrogens is 319 g/mol. The van der Waals surface area contributed by atoms with Crippen LogP contribution in [-0.2, 0) is 19.1 Å². The lowest BCUT2D eigenvalue weighted by molar-refractivity contribution is -0.195. The third-order valence-electron chi connectivity index (χ3n) is 4.22. The van der Waals surface area contributed by atoms with E-state index in [0.29, 0.717) is 19.4 Å². The van der Waals surface area contributed by atoms with Crippen molar-refractivity contribution in [2.75, 3.05) is 19.8 Å². The Balaban J connectivity index is 1.93. The van der Waals surface area contributed by atoms with Gasteiger partial charge in [0, 0.05) is 6.04 Å². The van der Waals surface area contributed by atoms with E-state index in [1.54, 1.807) is 0 Å². The van der Waals surface area contributed by atoms with E-state index in [2.05, 4.69) is 5.32 Å². The van der Waals surface area contributed by atoms with E-state index in [4.69, 9.17) is 14.6 Å². The van der Waals surface area contributed by atoms with E-state index in [-0.39, 0.29) is 19.6 Å². The van der Waals surface area contributed by atoms with Crippen molar-refractivity contribution in [3.8, 4) is 0 Å². The number of hydrogen-bond donors (Lipinski definition) is 2. The molecule has 1 saturated carbocycles. The first-order valence-corrected chi connectivity index (χ1v) is 7.56. The largest absolute Gasteiger partial charge is 0.481 e. The smallest absolute Gasteiger partial charge is 0.400 e. The first-order valence-electron chi connectivity index (χ1n) is 7.56. The van der Waals surface area contributed by atoms with Gasteiger partial charge in [-0.05, 0) is 25.7 Å². The maximum absolute atomic E-state index is 13.2. The molecule has 2 rings (SSSR count). The van der Waals surface area contributed by atoms with Crippen molar-refractivity contribution in [2.45, 2.75) is 44.0 Å². The van der Waals surface area contributed by atoms with Gasteiger partial charge in [-0.15, -0.1) is 0 Å². The molecule has 132 valence electrons. The fourth-order valence-electron chi connectivity index (χ4n) is 2.96. The van der Waals surface area contributed by atoms with Crippen LogP contribution in [0, 0.1) is 11.8 Å². The third-order valence-corrected chi connectivity index (χ3v) is 4.22. The highest BCUT2D eigenvalue weighted by Gasteiger charge is 2.47. The van der Waals surface area contributed by atoms with Crippen LogP contribution in [0.5, 0.6) is 0 Å². The van der Waals surface area contributed by atoms with Crippen molar-refractivity contribution in [1.82, 2.24) is 5.32 Å². The summed E-state index contributed by atoms with van der Waals surface area (Å²) in [7, 11) is 0. The molecule has 0 radical (unpaired) electrons. The summed E-state index contributed by atoms with van der Waals surface area (Å²) in [6.07, 6.45) is -5.06. The second-order valence-electron chi connectivity index (χ2n) is 5.95. The van der Waals surface area contributed by atoms with Gasteiger partial charge in [0.2, 0.25) is 5.91 Å². The molecule has 6 nitrogen and oxygen atoms in total. The van der Waals surface area contributed by atoms with Crippen molar-refractivity contribution in [1.29, 1.82) is 0 Å². The molecule has 1 amide bonds. The van der Waals surface area contributed by atoms with Crippen molar-refractivity contribution < 1.29 is 37.3 Å². The van der Waals surface area contributed by atoms with E-state index in [9.17, 15) is 22.8 Å². The monoisotopic (exact) mass is 339 g/mol. The Morgan fingerprint density at radius 2 is 2.00 bits per heavy atom. The minimum absolute atomic E-state index is 0.0321. The van der Waals surface area contributed by atoms with Crippen LogP contribution < -0.4 is 5.32 Å². The van der Waals surface area contributed by atoms with Crippen LogP contribution in [0.4, 0.5) is 13.2 Å². The molecule has 0 aromatic carbocycles. The number of aliphatic carboxylic acids is 1. The summed E-state index contributed by atoms with van der Waals surface area (Å²) in [5.41, 5.74) is 0. The summed E-state index contributed by atoms with van der Waals surface area (Å²) in [6, 6.07) is -0.531. The summed E-state index contributed by atoms with van der Waals surface area (Å²) in [6.45, 7) is 0.572. The number of ether oxygens (including phenoxy) is 2. The summed E-state index contributed by atoms with van der Waals surface area (Å²) in [5, 5.41) is 11.2. The highest BCUT2D eigenvalue weighted by molar-refractivity contribution is 5.80. The molecule has 0 spiro atoms. The molecule has 0 aromatic rings. The highest BCUT2D eigenvalue weighted by atomic mass is 19.4. The van der Waals surface area contributed by atoms with Crippen molar-refractivity contribution >= 4 is 11.9 Å². The van der Waals surface area contributed by atoms with Gasteiger partial charge in [0.1, 0.15) is 5.92 Å². The number of carbonyl (C=O) groups excluding carboxylic acids is 1. The van der Waals surface area contributed by atoms with Crippen LogP contribution in [-0.4, -0.2) is 55.1 Å². The number of nitrogens with one attached hydrogen (secondary N) is 1. The lowest BCUT2D eigenvalue weighted by Gasteiger charge is -2.28. The van der Waals surface area contributed by atoms with Crippen LogP contribution in [0.1, 0.15) is 25.7 Å². The second-order valence-corrected chi connectivity index (χ2v) is 5.95. The van der Waals surface area contributed by atoms with E-state index >= 15 is 0 Å². The molecule has 9 heteroatoms. The summed E-state index contributed by atoms with van der Waals surface area (Å²) < 4.78 is 49.7. The van der Waals surface area contributed by atoms with Crippen LogP contribution in [0.25, 0.3) is 0 Å². The molecular formula is C14H20F3NO5. The van der Waals surface area contributed by atoms with Crippen LogP contribution in [0.3, 0.4) is 0 Å². The topological polar surface area (TPSA) is 84.9 Å². The zero-order chi connectivity index (χ0) is 17.0. The SMILES string of the molecule is O=C(N[C@H]1CC[C@@H](C(=O)O)C1)C(CC1COCCO1)C(F)(F)F. The molecule has 1 aliphatic heterocycles. The predicted octanol–water partition coefficient (Wildman–Crippen LogP) is 1.34. The number of carbonyl (C=O) groups is 2. The van der Waals surface area contributed by atoms with Gasteiger partial charge in [-0.2, -0.15) is 13.2 Å². The van der Waals surface area contributed by atoms with E-state index in [1.807, 2.05) is 0 Å². The quantitative estimate of drug-likeness (QED) is 0.790. The van der Waals surface area contributed by atoms with Gasteiger partial charge >= 0.3 is 12.1 Å². The molecule has 1 aliphatic carbocycles. The second kappa shape index (κ2) is 7.48. The first kappa shape index (κ1) is 18.0. The third kappa shape index (κ3) is 5.07. The fraction of sp³-hybridized carbons (Fsp3) is 0.857. The molecule has 2 N–H and O–H groups in total. The number of alkyl halides is 3. The van der Waals surface area contributed by atoms with Crippen molar-refractivity contribution in [3.05, 3.63) is 0 Å². The van der Waals surface area contributed by atoms with E-state index < -0.39 is 48.5 Å². The fourth-order valence-corrected chi connectivity index (χ4v) is 2.96. The van der Waals surface area contributed by atoms with Gasteiger partial charge in [0.15, 0.2) is 0 Å². The molecule has 2 unspecified atom stereocenters. The van der Waals surface area contributed by atoms with Crippen molar-refractivity contribution in [3.63, 3.8) is 0 Å². The Bertz CT molecular complexity index is 437. The Kier molecular flexibility index (Phi) is 5.85. The summed E-state index contributed by atoms with van der Waals surface area (Å²) >= 11 is 0. The predicted molar refractivity (Wildman–Crippen MR) is 71.6 cm³/mol. The number of halogens is 3. The molecule has 2 fully saturated rings. The lowest BCUT2D eigenvalue weighted by atomic mass is 9.99. The molecule has 0 bridgehead atoms. The number of carboxylic acids is 1. The lowest BCUT2D eigenvalue weighted by Crippen LogP contribution is -2.46. The van der Waals surface area contributed by atoms with Gasteiger partial charge in [-0.25, -0.2) is 0 Å². The zero-order valence-corrected chi connectivity index (χ0v) is 12.5. The number of hydrogen-bond acceptors (Lipinski definition) is 4. The van der Waals surface area contributed by atoms with Gasteiger partial charge in [0.25, 0.3) is 0 Å². The van der Waals surface area contributed by atoms with Crippen LogP contribution >= 0.6 is 0 Å². The van der Waals surface area contributed by atoms with E-state index in [1.165, 1.54) is 0 Å². The standard InChI is InChI=1S/C14H20F3NO5/c15-14(16,17)11(6-10-7-22-3-4-23-10)12(19)18-9-2-1-8(5-9)13(20)21/h8-11H,1-7H2,(H,18,19)(H,20,21)/t8-,9+,10?,11?/m1/s1. The summed E-state index contributed by atoms with van der Waals surface area (Å²) in [5.74, 6) is -4.90. The Hall–Kier alpha value is -1.35. The number of amides is 1. The van der Waals surface area contributed by atoms with Gasteiger partial charge in [0.05, 0.1) is 31.8 Å². The van der Waals surface area contributed by atoms with Crippen LogP contribution in [0.2, 0.25) is 0 Å². The highest BCUT2D eigenvalue weighted by Crippen LogP contribution is 2.32. The minimum Gasteiger partial charge on any atom is -0.481 e. The maximum atomic E-state index is 13.2. The first-order chi connectivity index (χ1) is 10.8. The molecule has 23 heavy (non-hydrogen) atoms. The number of carboxylic acid groups (broad SMARTS) is 1. The molecule has 1 saturated heterocycles. The normalized spacial score (nSPS) is 30.0. The average molecular weight is 339 g/mol. The molecule has 2 aliphatic rings. The summed E-state index contributed by atoms with van der Waals surface area (Å²) in [4.78, 5) is 22.9. The molecule has 1 heterocycles. The maximum Gasteiger partial charge on any atom is 0.400 e. The minimum atomic E-state index is -4.68. The Morgan fingerprint density at radius 3 is 2.52 bits per heavy atom. The number of rotatable bonds is 5. The molecule has 4 atom stereocenters. The molecule has 0 aromatic heterocycles. The van der Waals surface area contributed by atoms with Crippen LogP contribution in [0.15, 0.2) is 0 Å². The van der Waals surface area contributed by atoms with E-state index in [0.717, 1.165) is 0 Å². The van der Waals surface area contributed by atoms with Gasteiger partial charge < -0.3 is 19.9 Å². The van der Waals surface area contributed by atoms with Crippen molar-refractivity contribution in [2.24, 2.45) is 11.8 Å². The van der Waals surface area contributed by atoms with Gasteiger partial charge in [-0.1, -0.05) is 0 Å². The van der Waals surface area contributed by atoms with Gasteiger partial charge in [-0.3, -0.25) is 9.59 Å². The Labute approximate surface area is 131 Å². The Morgan fingerprint density at radius 1 is 1.26 bits per heavy atom.